The maximum atomic E-state index is 2.30. The number of aryl methyl sites for hydroxylation is 1. The molecule has 2 aromatic rings. The summed E-state index contributed by atoms with van der Waals surface area (Å²) in [6, 6.07) is 15.7. The topological polar surface area (TPSA) is 3.24 Å². The molecule has 0 spiro atoms. The van der Waals surface area contributed by atoms with Gasteiger partial charge in [-0.2, -0.15) is 0 Å². The van der Waals surface area contributed by atoms with Crippen molar-refractivity contribution in [2.24, 2.45) is 0 Å². The second kappa shape index (κ2) is 6.17. The first-order valence-corrected chi connectivity index (χ1v) is 7.89. The minimum absolute atomic E-state index is 0.992. The summed E-state index contributed by atoms with van der Waals surface area (Å²) in [6.45, 7) is 3.24. The second-order valence-electron chi connectivity index (χ2n) is 5.82. The molecule has 0 fully saturated rings. The van der Waals surface area contributed by atoms with Crippen LogP contribution in [0.4, 0.5) is 5.69 Å². The minimum atomic E-state index is 0.992. The summed E-state index contributed by atoms with van der Waals surface area (Å²) < 4.78 is 0. The van der Waals surface area contributed by atoms with E-state index in [9.17, 15) is 0 Å². The van der Waals surface area contributed by atoms with E-state index in [0.717, 1.165) is 6.54 Å². The number of hydrogen-bond acceptors (Lipinski definition) is 1. The van der Waals surface area contributed by atoms with Gasteiger partial charge in [0.1, 0.15) is 0 Å². The molecule has 0 radical (unpaired) electrons. The number of likely N-dealkylation sites (N-methyl/N-ethyl adjacent to an activating group) is 1. The summed E-state index contributed by atoms with van der Waals surface area (Å²) in [6.07, 6.45) is 8.21. The number of benzene rings is 2. The number of nitrogens with zero attached hydrogens (tertiary/aromatic N) is 1. The summed E-state index contributed by atoms with van der Waals surface area (Å²) in [5.41, 5.74) is 6.75. The summed E-state index contributed by atoms with van der Waals surface area (Å²) in [5.74, 6) is 0. The van der Waals surface area contributed by atoms with Gasteiger partial charge in [0.15, 0.2) is 0 Å². The highest BCUT2D eigenvalue weighted by atomic mass is 15.1. The van der Waals surface area contributed by atoms with E-state index in [1.54, 1.807) is 0 Å². The number of unbranched alkanes of at least 4 members (excludes halogenated alkanes) is 1. The van der Waals surface area contributed by atoms with Crippen molar-refractivity contribution >= 4 is 11.8 Å². The first-order chi connectivity index (χ1) is 10.3. The summed E-state index contributed by atoms with van der Waals surface area (Å²) in [4.78, 5) is 2.30. The molecule has 3 rings (SSSR count). The Labute approximate surface area is 127 Å². The van der Waals surface area contributed by atoms with Gasteiger partial charge in [0.25, 0.3) is 0 Å². The van der Waals surface area contributed by atoms with Gasteiger partial charge in [0, 0.05) is 24.8 Å². The van der Waals surface area contributed by atoms with Crippen molar-refractivity contribution < 1.29 is 0 Å². The van der Waals surface area contributed by atoms with Gasteiger partial charge >= 0.3 is 0 Å². The van der Waals surface area contributed by atoms with Crippen molar-refractivity contribution in [3.05, 3.63) is 59.7 Å². The Morgan fingerprint density at radius 3 is 2.62 bits per heavy atom. The molecular formula is C20H23N. The van der Waals surface area contributed by atoms with Crippen LogP contribution in [0.15, 0.2) is 48.5 Å². The molecule has 0 saturated heterocycles. The minimum Gasteiger partial charge on any atom is -0.370 e. The number of hydrogen-bond donors (Lipinski definition) is 0. The van der Waals surface area contributed by atoms with E-state index < -0.39 is 0 Å². The maximum Gasteiger partial charge on any atom is 0.0446 e. The van der Waals surface area contributed by atoms with Gasteiger partial charge in [0.2, 0.25) is 0 Å². The van der Waals surface area contributed by atoms with Crippen LogP contribution in [0.5, 0.6) is 0 Å². The van der Waals surface area contributed by atoms with Gasteiger partial charge in [-0.3, -0.25) is 0 Å². The Morgan fingerprint density at radius 1 is 1.05 bits per heavy atom. The van der Waals surface area contributed by atoms with E-state index in [2.05, 4.69) is 73.5 Å². The van der Waals surface area contributed by atoms with Crippen molar-refractivity contribution in [3.8, 4) is 11.1 Å². The molecule has 0 N–H and O–H groups in total. The van der Waals surface area contributed by atoms with Gasteiger partial charge in [-0.25, -0.2) is 0 Å². The van der Waals surface area contributed by atoms with E-state index in [4.69, 9.17) is 0 Å². The zero-order chi connectivity index (χ0) is 14.7. The number of anilines is 1. The predicted molar refractivity (Wildman–Crippen MR) is 92.8 cm³/mol. The summed E-state index contributed by atoms with van der Waals surface area (Å²) >= 11 is 0. The molecule has 108 valence electrons. The Hall–Kier alpha value is -2.02. The summed E-state index contributed by atoms with van der Waals surface area (Å²) in [7, 11) is 2.15. The molecule has 1 aliphatic heterocycles. The fourth-order valence-electron chi connectivity index (χ4n) is 2.97. The van der Waals surface area contributed by atoms with Gasteiger partial charge in [-0.1, -0.05) is 61.9 Å². The SMILES string of the molecule is CCCCc1ccc(-c2cccc3c2C=CCN3C)cc1. The van der Waals surface area contributed by atoms with Crippen molar-refractivity contribution in [2.45, 2.75) is 26.2 Å². The molecule has 1 heterocycles. The lowest BCUT2D eigenvalue weighted by Gasteiger charge is -2.25. The average Bonchev–Trinajstić information content (AvgIpc) is 2.53. The first-order valence-electron chi connectivity index (χ1n) is 7.89. The van der Waals surface area contributed by atoms with Crippen LogP contribution >= 0.6 is 0 Å². The van der Waals surface area contributed by atoms with Crippen LogP contribution in [0.25, 0.3) is 17.2 Å². The highest BCUT2D eigenvalue weighted by Crippen LogP contribution is 2.34. The van der Waals surface area contributed by atoms with Crippen LogP contribution < -0.4 is 4.90 Å². The molecule has 0 unspecified atom stereocenters. The van der Waals surface area contributed by atoms with E-state index >= 15 is 0 Å². The maximum absolute atomic E-state index is 2.30. The normalized spacial score (nSPS) is 13.3. The van der Waals surface area contributed by atoms with Crippen molar-refractivity contribution in [1.29, 1.82) is 0 Å². The second-order valence-corrected chi connectivity index (χ2v) is 5.82. The lowest BCUT2D eigenvalue weighted by Crippen LogP contribution is -2.20. The predicted octanol–water partition coefficient (Wildman–Crippen LogP) is 5.16. The van der Waals surface area contributed by atoms with Gasteiger partial charge in [0.05, 0.1) is 0 Å². The molecule has 1 nitrogen and oxygen atoms in total. The van der Waals surface area contributed by atoms with Crippen molar-refractivity contribution in [2.75, 3.05) is 18.5 Å². The molecule has 0 saturated carbocycles. The van der Waals surface area contributed by atoms with Crippen molar-refractivity contribution in [1.82, 2.24) is 0 Å². The molecule has 0 atom stereocenters. The molecule has 0 bridgehead atoms. The third-order valence-electron chi connectivity index (χ3n) is 4.24. The van der Waals surface area contributed by atoms with Gasteiger partial charge in [-0.15, -0.1) is 0 Å². The highest BCUT2D eigenvalue weighted by Gasteiger charge is 2.13. The van der Waals surface area contributed by atoms with Gasteiger partial charge < -0.3 is 4.90 Å². The lowest BCUT2D eigenvalue weighted by molar-refractivity contribution is 0.795. The average molecular weight is 277 g/mol. The zero-order valence-electron chi connectivity index (χ0n) is 13.0. The van der Waals surface area contributed by atoms with Crippen LogP contribution in [0, 0.1) is 0 Å². The molecule has 0 amide bonds. The Kier molecular flexibility index (Phi) is 4.10. The van der Waals surface area contributed by atoms with Crippen LogP contribution in [0.2, 0.25) is 0 Å². The molecule has 21 heavy (non-hydrogen) atoms. The highest BCUT2D eigenvalue weighted by molar-refractivity contribution is 5.85. The Balaban J connectivity index is 1.94. The third-order valence-corrected chi connectivity index (χ3v) is 4.24. The fourth-order valence-corrected chi connectivity index (χ4v) is 2.97. The quantitative estimate of drug-likeness (QED) is 0.746. The lowest BCUT2D eigenvalue weighted by atomic mass is 9.94. The van der Waals surface area contributed by atoms with E-state index in [1.165, 1.54) is 47.2 Å². The molecule has 0 aliphatic carbocycles. The van der Waals surface area contributed by atoms with E-state index in [0.29, 0.717) is 0 Å². The Morgan fingerprint density at radius 2 is 1.86 bits per heavy atom. The Bertz CT molecular complexity index is 637. The molecular weight excluding hydrogens is 254 g/mol. The monoisotopic (exact) mass is 277 g/mol. The fraction of sp³-hybridized carbons (Fsp3) is 0.300. The third kappa shape index (κ3) is 2.87. The zero-order valence-corrected chi connectivity index (χ0v) is 13.0. The molecule has 0 aromatic heterocycles. The van der Waals surface area contributed by atoms with Gasteiger partial charge in [-0.05, 0) is 35.6 Å². The largest absolute Gasteiger partial charge is 0.370 e. The van der Waals surface area contributed by atoms with Crippen LogP contribution in [-0.4, -0.2) is 13.6 Å². The molecule has 1 aliphatic rings. The smallest absolute Gasteiger partial charge is 0.0446 e. The van der Waals surface area contributed by atoms with E-state index in [1.807, 2.05) is 0 Å². The number of rotatable bonds is 4. The molecule has 1 heteroatoms. The summed E-state index contributed by atoms with van der Waals surface area (Å²) in [5, 5.41) is 0. The van der Waals surface area contributed by atoms with Crippen molar-refractivity contribution in [3.63, 3.8) is 0 Å². The van der Waals surface area contributed by atoms with Crippen LogP contribution in [-0.2, 0) is 6.42 Å². The van der Waals surface area contributed by atoms with E-state index in [-0.39, 0.29) is 0 Å². The first kappa shape index (κ1) is 13.9. The standard InChI is InChI=1S/C20H23N/c1-3-4-7-16-11-13-17(14-12-16)18-8-5-10-20-19(18)9-6-15-21(20)2/h5-6,8-14H,3-4,7,15H2,1-2H3. The van der Waals surface area contributed by atoms with Crippen LogP contribution in [0.1, 0.15) is 30.9 Å². The molecule has 2 aromatic carbocycles. The number of fused-ring (bicyclic) bond motifs is 1. The van der Waals surface area contributed by atoms with Crippen LogP contribution in [0.3, 0.4) is 0 Å².